The molecule has 3 aromatic rings. The van der Waals surface area contributed by atoms with Crippen molar-refractivity contribution >= 4 is 5.91 Å². The average Bonchev–Trinajstić information content (AvgIpc) is 2.76. The number of unbranched alkanes of at least 4 members (excludes halogenated alkanes) is 1. The van der Waals surface area contributed by atoms with Crippen LogP contribution in [0.25, 0.3) is 0 Å². The summed E-state index contributed by atoms with van der Waals surface area (Å²) >= 11 is 0. The second-order valence-electron chi connectivity index (χ2n) is 6.91. The topological polar surface area (TPSA) is 47.6 Å². The van der Waals surface area contributed by atoms with Gasteiger partial charge in [0.2, 0.25) is 0 Å². The maximum atomic E-state index is 12.2. The van der Waals surface area contributed by atoms with Crippen molar-refractivity contribution in [1.29, 1.82) is 0 Å². The van der Waals surface area contributed by atoms with Gasteiger partial charge in [-0.05, 0) is 67.3 Å². The molecule has 0 saturated carbocycles. The SMILES string of the molecule is Cc1cccc(OCCCCOc2ccc(C(=O)NCc3ccccc3)cc2)c1. The molecule has 0 atom stereocenters. The fourth-order valence-corrected chi connectivity index (χ4v) is 2.87. The molecule has 29 heavy (non-hydrogen) atoms. The Kier molecular flexibility index (Phi) is 7.70. The third kappa shape index (κ3) is 7.00. The molecule has 0 fully saturated rings. The highest BCUT2D eigenvalue weighted by atomic mass is 16.5. The predicted octanol–water partition coefficient (Wildman–Crippen LogP) is 5.16. The summed E-state index contributed by atoms with van der Waals surface area (Å²) in [7, 11) is 0. The van der Waals surface area contributed by atoms with Crippen LogP contribution in [0.2, 0.25) is 0 Å². The van der Waals surface area contributed by atoms with Crippen molar-refractivity contribution in [3.8, 4) is 11.5 Å². The van der Waals surface area contributed by atoms with Crippen LogP contribution in [0.1, 0.15) is 34.3 Å². The van der Waals surface area contributed by atoms with E-state index in [2.05, 4.69) is 18.3 Å². The number of hydrogen-bond acceptors (Lipinski definition) is 3. The lowest BCUT2D eigenvalue weighted by molar-refractivity contribution is 0.0951. The van der Waals surface area contributed by atoms with E-state index in [0.29, 0.717) is 25.3 Å². The Balaban J connectivity index is 1.33. The molecule has 0 spiro atoms. The number of ether oxygens (including phenoxy) is 2. The lowest BCUT2D eigenvalue weighted by Crippen LogP contribution is -2.22. The van der Waals surface area contributed by atoms with Crippen LogP contribution in [0.4, 0.5) is 0 Å². The molecule has 0 saturated heterocycles. The summed E-state index contributed by atoms with van der Waals surface area (Å²) in [5.41, 5.74) is 2.90. The van der Waals surface area contributed by atoms with Gasteiger partial charge < -0.3 is 14.8 Å². The third-order valence-corrected chi connectivity index (χ3v) is 4.48. The Hall–Kier alpha value is -3.27. The van der Waals surface area contributed by atoms with Gasteiger partial charge in [0, 0.05) is 12.1 Å². The van der Waals surface area contributed by atoms with Crippen molar-refractivity contribution in [2.24, 2.45) is 0 Å². The molecule has 0 aliphatic heterocycles. The van der Waals surface area contributed by atoms with Gasteiger partial charge in [0.15, 0.2) is 0 Å². The molecule has 0 aliphatic carbocycles. The van der Waals surface area contributed by atoms with Crippen LogP contribution >= 0.6 is 0 Å². The first-order chi connectivity index (χ1) is 14.2. The summed E-state index contributed by atoms with van der Waals surface area (Å²) < 4.78 is 11.5. The maximum absolute atomic E-state index is 12.2. The van der Waals surface area contributed by atoms with E-state index in [1.165, 1.54) is 5.56 Å². The van der Waals surface area contributed by atoms with Crippen molar-refractivity contribution in [1.82, 2.24) is 5.32 Å². The first-order valence-electron chi connectivity index (χ1n) is 9.95. The zero-order chi connectivity index (χ0) is 20.3. The first kappa shape index (κ1) is 20.5. The quantitative estimate of drug-likeness (QED) is 0.487. The van der Waals surface area contributed by atoms with Crippen LogP contribution in [0.5, 0.6) is 11.5 Å². The molecular weight excluding hydrogens is 362 g/mol. The number of rotatable bonds is 10. The van der Waals surface area contributed by atoms with Crippen LogP contribution in [0.3, 0.4) is 0 Å². The Morgan fingerprint density at radius 2 is 1.48 bits per heavy atom. The van der Waals surface area contributed by atoms with Crippen LogP contribution < -0.4 is 14.8 Å². The van der Waals surface area contributed by atoms with Gasteiger partial charge in [-0.2, -0.15) is 0 Å². The van der Waals surface area contributed by atoms with E-state index in [4.69, 9.17) is 9.47 Å². The summed E-state index contributed by atoms with van der Waals surface area (Å²) in [6, 6.07) is 25.2. The molecule has 0 heterocycles. The van der Waals surface area contributed by atoms with E-state index in [9.17, 15) is 4.79 Å². The van der Waals surface area contributed by atoms with Crippen molar-refractivity contribution < 1.29 is 14.3 Å². The largest absolute Gasteiger partial charge is 0.494 e. The van der Waals surface area contributed by atoms with E-state index in [0.717, 1.165) is 29.9 Å². The lowest BCUT2D eigenvalue weighted by atomic mass is 10.2. The van der Waals surface area contributed by atoms with Crippen molar-refractivity contribution in [3.63, 3.8) is 0 Å². The molecule has 0 radical (unpaired) electrons. The molecule has 0 unspecified atom stereocenters. The van der Waals surface area contributed by atoms with Gasteiger partial charge in [-0.3, -0.25) is 4.79 Å². The van der Waals surface area contributed by atoms with E-state index in [1.807, 2.05) is 60.7 Å². The minimum Gasteiger partial charge on any atom is -0.494 e. The molecule has 3 aromatic carbocycles. The van der Waals surface area contributed by atoms with Gasteiger partial charge in [0.25, 0.3) is 5.91 Å². The van der Waals surface area contributed by atoms with Crippen molar-refractivity contribution in [3.05, 3.63) is 95.6 Å². The third-order valence-electron chi connectivity index (χ3n) is 4.48. The maximum Gasteiger partial charge on any atom is 0.251 e. The number of carbonyl (C=O) groups is 1. The molecule has 3 rings (SSSR count). The van der Waals surface area contributed by atoms with E-state index < -0.39 is 0 Å². The number of carbonyl (C=O) groups excluding carboxylic acids is 1. The normalized spacial score (nSPS) is 10.4. The summed E-state index contributed by atoms with van der Waals surface area (Å²) in [6.45, 7) is 3.87. The van der Waals surface area contributed by atoms with Crippen molar-refractivity contribution in [2.75, 3.05) is 13.2 Å². The zero-order valence-electron chi connectivity index (χ0n) is 16.8. The highest BCUT2D eigenvalue weighted by Gasteiger charge is 2.05. The molecule has 0 aromatic heterocycles. The van der Waals surface area contributed by atoms with Gasteiger partial charge in [-0.1, -0.05) is 42.5 Å². The van der Waals surface area contributed by atoms with Gasteiger partial charge in [0.05, 0.1) is 13.2 Å². The minimum absolute atomic E-state index is 0.0892. The molecular formula is C25H27NO3. The number of hydrogen-bond donors (Lipinski definition) is 1. The van der Waals surface area contributed by atoms with Crippen LogP contribution in [-0.4, -0.2) is 19.1 Å². The second kappa shape index (κ2) is 10.9. The standard InChI is InChI=1S/C25H27NO3/c1-20-8-7-11-24(18-20)29-17-6-5-16-28-23-14-12-22(13-15-23)25(27)26-19-21-9-3-2-4-10-21/h2-4,7-15,18H,5-6,16-17,19H2,1H3,(H,26,27). The zero-order valence-corrected chi connectivity index (χ0v) is 16.8. The molecule has 0 bridgehead atoms. The number of amides is 1. The molecule has 1 N–H and O–H groups in total. The van der Waals surface area contributed by atoms with E-state index in [1.54, 1.807) is 12.1 Å². The molecule has 4 nitrogen and oxygen atoms in total. The van der Waals surface area contributed by atoms with Crippen LogP contribution in [-0.2, 0) is 6.54 Å². The summed E-state index contributed by atoms with van der Waals surface area (Å²) in [5, 5.41) is 2.92. The van der Waals surface area contributed by atoms with E-state index in [-0.39, 0.29) is 5.91 Å². The Morgan fingerprint density at radius 3 is 2.17 bits per heavy atom. The second-order valence-corrected chi connectivity index (χ2v) is 6.91. The summed E-state index contributed by atoms with van der Waals surface area (Å²) in [5.74, 6) is 1.59. The average molecular weight is 389 g/mol. The minimum atomic E-state index is -0.0892. The summed E-state index contributed by atoms with van der Waals surface area (Å²) in [6.07, 6.45) is 1.83. The highest BCUT2D eigenvalue weighted by Crippen LogP contribution is 2.14. The Bertz CT molecular complexity index is 891. The van der Waals surface area contributed by atoms with Gasteiger partial charge in [-0.15, -0.1) is 0 Å². The van der Waals surface area contributed by atoms with Crippen molar-refractivity contribution in [2.45, 2.75) is 26.3 Å². The smallest absolute Gasteiger partial charge is 0.251 e. The predicted molar refractivity (Wildman–Crippen MR) is 115 cm³/mol. The number of aryl methyl sites for hydroxylation is 1. The van der Waals surface area contributed by atoms with Crippen LogP contribution in [0.15, 0.2) is 78.9 Å². The number of nitrogens with one attached hydrogen (secondary N) is 1. The lowest BCUT2D eigenvalue weighted by Gasteiger charge is -2.09. The fourth-order valence-electron chi connectivity index (χ4n) is 2.87. The molecule has 4 heteroatoms. The van der Waals surface area contributed by atoms with E-state index >= 15 is 0 Å². The molecule has 0 aliphatic rings. The first-order valence-corrected chi connectivity index (χ1v) is 9.95. The highest BCUT2D eigenvalue weighted by molar-refractivity contribution is 5.94. The molecule has 150 valence electrons. The fraction of sp³-hybridized carbons (Fsp3) is 0.240. The van der Waals surface area contributed by atoms with Crippen LogP contribution in [0, 0.1) is 6.92 Å². The van der Waals surface area contributed by atoms with Gasteiger partial charge >= 0.3 is 0 Å². The summed E-state index contributed by atoms with van der Waals surface area (Å²) in [4.78, 5) is 12.2. The molecule has 1 amide bonds. The number of benzene rings is 3. The Morgan fingerprint density at radius 1 is 0.793 bits per heavy atom. The van der Waals surface area contributed by atoms with Gasteiger partial charge in [-0.25, -0.2) is 0 Å². The monoisotopic (exact) mass is 389 g/mol. The van der Waals surface area contributed by atoms with Gasteiger partial charge in [0.1, 0.15) is 11.5 Å². The Labute approximate surface area is 172 Å².